The van der Waals surface area contributed by atoms with Gasteiger partial charge in [-0.1, -0.05) is 31.2 Å². The summed E-state index contributed by atoms with van der Waals surface area (Å²) < 4.78 is 0. The summed E-state index contributed by atoms with van der Waals surface area (Å²) in [4.78, 5) is 0. The van der Waals surface area contributed by atoms with E-state index in [1.807, 2.05) is 6.92 Å². The summed E-state index contributed by atoms with van der Waals surface area (Å²) in [5.41, 5.74) is 1.59. The van der Waals surface area contributed by atoms with E-state index in [0.717, 1.165) is 31.4 Å². The van der Waals surface area contributed by atoms with Crippen LogP contribution in [0.3, 0.4) is 0 Å². The molecule has 16 heavy (non-hydrogen) atoms. The van der Waals surface area contributed by atoms with Gasteiger partial charge in [0.25, 0.3) is 0 Å². The van der Waals surface area contributed by atoms with E-state index in [1.54, 1.807) is 0 Å². The Morgan fingerprint density at radius 2 is 2.06 bits per heavy atom. The number of hydrogen-bond donors (Lipinski definition) is 2. The highest BCUT2D eigenvalue weighted by atomic mass is 16.3. The molecular weight excluding hydrogens is 198 g/mol. The molecule has 1 aliphatic rings. The van der Waals surface area contributed by atoms with Gasteiger partial charge in [0.15, 0.2) is 0 Å². The average molecular weight is 219 g/mol. The smallest absolute Gasteiger partial charge is 0.102 e. The van der Waals surface area contributed by atoms with E-state index in [1.165, 1.54) is 5.56 Å². The molecule has 0 aromatic heterocycles. The second-order valence-electron chi connectivity index (χ2n) is 4.85. The van der Waals surface area contributed by atoms with Crippen molar-refractivity contribution in [2.24, 2.45) is 0 Å². The normalized spacial score (nSPS) is 24.3. The molecule has 1 saturated heterocycles. The zero-order chi connectivity index (χ0) is 11.6. The summed E-state index contributed by atoms with van der Waals surface area (Å²) in [5, 5.41) is 14.0. The van der Waals surface area contributed by atoms with Crippen LogP contribution in [0.1, 0.15) is 37.8 Å². The Morgan fingerprint density at radius 3 is 2.56 bits per heavy atom. The Balaban J connectivity index is 2.20. The summed E-state index contributed by atoms with van der Waals surface area (Å²) in [5.74, 6) is 0. The fraction of sp³-hybridized carbons (Fsp3) is 0.571. The predicted molar refractivity (Wildman–Crippen MR) is 66.4 cm³/mol. The molecule has 1 aromatic rings. The fourth-order valence-electron chi connectivity index (χ4n) is 2.44. The first-order valence-corrected chi connectivity index (χ1v) is 6.19. The third-order valence-corrected chi connectivity index (χ3v) is 3.69. The lowest BCUT2D eigenvalue weighted by molar-refractivity contribution is 0.0218. The zero-order valence-corrected chi connectivity index (χ0v) is 10.2. The van der Waals surface area contributed by atoms with Gasteiger partial charge in [-0.25, -0.2) is 0 Å². The van der Waals surface area contributed by atoms with Gasteiger partial charge in [0.05, 0.1) is 0 Å². The quantitative estimate of drug-likeness (QED) is 0.817. The van der Waals surface area contributed by atoms with Crippen LogP contribution >= 0.6 is 0 Å². The molecule has 1 fully saturated rings. The zero-order valence-electron chi connectivity index (χ0n) is 10.2. The minimum absolute atomic E-state index is 0.194. The van der Waals surface area contributed by atoms with Crippen molar-refractivity contribution in [3.8, 4) is 0 Å². The molecule has 2 heteroatoms. The molecule has 2 nitrogen and oxygen atoms in total. The van der Waals surface area contributed by atoms with Crippen molar-refractivity contribution in [3.63, 3.8) is 0 Å². The molecule has 2 atom stereocenters. The van der Waals surface area contributed by atoms with Gasteiger partial charge < -0.3 is 10.4 Å². The van der Waals surface area contributed by atoms with Crippen molar-refractivity contribution < 1.29 is 5.11 Å². The highest BCUT2D eigenvalue weighted by Crippen LogP contribution is 2.29. The lowest BCUT2D eigenvalue weighted by Crippen LogP contribution is -2.42. The van der Waals surface area contributed by atoms with Crippen LogP contribution < -0.4 is 5.32 Å². The molecule has 2 rings (SSSR count). The molecule has 1 aliphatic heterocycles. The van der Waals surface area contributed by atoms with Crippen molar-refractivity contribution in [3.05, 3.63) is 35.4 Å². The van der Waals surface area contributed by atoms with Crippen LogP contribution in [0, 0.1) is 0 Å². The molecule has 1 aromatic carbocycles. The second kappa shape index (κ2) is 4.56. The standard InChI is InChI=1S/C14H21NO/c1-3-11-6-8-12(9-7-11)14(2,16)13-5-4-10-15-13/h6-9,13,15-16H,3-5,10H2,1-2H3. The fourth-order valence-corrected chi connectivity index (χ4v) is 2.44. The molecule has 2 N–H and O–H groups in total. The van der Waals surface area contributed by atoms with Gasteiger partial charge in [-0.05, 0) is 43.9 Å². The van der Waals surface area contributed by atoms with E-state index < -0.39 is 5.60 Å². The van der Waals surface area contributed by atoms with Crippen molar-refractivity contribution in [1.29, 1.82) is 0 Å². The van der Waals surface area contributed by atoms with E-state index >= 15 is 0 Å². The average Bonchev–Trinajstić information content (AvgIpc) is 2.83. The first-order chi connectivity index (χ1) is 7.64. The number of hydrogen-bond acceptors (Lipinski definition) is 2. The third-order valence-electron chi connectivity index (χ3n) is 3.69. The van der Waals surface area contributed by atoms with Gasteiger partial charge in [-0.3, -0.25) is 0 Å². The topological polar surface area (TPSA) is 32.3 Å². The molecule has 0 aliphatic carbocycles. The van der Waals surface area contributed by atoms with Crippen LogP contribution in [0.2, 0.25) is 0 Å². The minimum Gasteiger partial charge on any atom is -0.384 e. The van der Waals surface area contributed by atoms with E-state index in [-0.39, 0.29) is 6.04 Å². The van der Waals surface area contributed by atoms with Crippen molar-refractivity contribution in [2.75, 3.05) is 6.54 Å². The molecule has 88 valence electrons. The maximum atomic E-state index is 10.6. The van der Waals surface area contributed by atoms with Crippen LogP contribution in [0.15, 0.2) is 24.3 Å². The van der Waals surface area contributed by atoms with Gasteiger partial charge in [-0.15, -0.1) is 0 Å². The monoisotopic (exact) mass is 219 g/mol. The van der Waals surface area contributed by atoms with Gasteiger partial charge in [0.1, 0.15) is 5.60 Å². The van der Waals surface area contributed by atoms with Gasteiger partial charge in [0.2, 0.25) is 0 Å². The Labute approximate surface area is 97.7 Å². The largest absolute Gasteiger partial charge is 0.384 e. The highest BCUT2D eigenvalue weighted by Gasteiger charge is 2.35. The lowest BCUT2D eigenvalue weighted by atomic mass is 9.87. The summed E-state index contributed by atoms with van der Waals surface area (Å²) in [6.07, 6.45) is 3.26. The summed E-state index contributed by atoms with van der Waals surface area (Å²) >= 11 is 0. The molecule has 2 unspecified atom stereocenters. The van der Waals surface area contributed by atoms with E-state index in [2.05, 4.69) is 36.5 Å². The summed E-state index contributed by atoms with van der Waals surface area (Å²) in [6, 6.07) is 8.52. The number of rotatable bonds is 3. The molecule has 1 heterocycles. The SMILES string of the molecule is CCc1ccc(C(C)(O)C2CCCN2)cc1. The Morgan fingerprint density at radius 1 is 1.38 bits per heavy atom. The number of nitrogens with one attached hydrogen (secondary N) is 1. The molecule has 0 amide bonds. The van der Waals surface area contributed by atoms with E-state index in [4.69, 9.17) is 0 Å². The Bertz CT molecular complexity index is 336. The first-order valence-electron chi connectivity index (χ1n) is 6.19. The molecule has 0 saturated carbocycles. The highest BCUT2D eigenvalue weighted by molar-refractivity contribution is 5.28. The van der Waals surface area contributed by atoms with Crippen molar-refractivity contribution in [2.45, 2.75) is 44.8 Å². The molecule has 0 radical (unpaired) electrons. The predicted octanol–water partition coefficient (Wildman–Crippen LogP) is 2.21. The third kappa shape index (κ3) is 2.13. The van der Waals surface area contributed by atoms with Crippen LogP contribution in [0.5, 0.6) is 0 Å². The Hall–Kier alpha value is -0.860. The number of aryl methyl sites for hydroxylation is 1. The number of benzene rings is 1. The second-order valence-corrected chi connectivity index (χ2v) is 4.85. The van der Waals surface area contributed by atoms with Gasteiger partial charge in [-0.2, -0.15) is 0 Å². The van der Waals surface area contributed by atoms with Crippen LogP contribution in [-0.2, 0) is 12.0 Å². The maximum Gasteiger partial charge on any atom is 0.102 e. The van der Waals surface area contributed by atoms with Crippen molar-refractivity contribution >= 4 is 0 Å². The van der Waals surface area contributed by atoms with Crippen LogP contribution in [0.4, 0.5) is 0 Å². The molecule has 0 bridgehead atoms. The lowest BCUT2D eigenvalue weighted by Gasteiger charge is -2.30. The minimum atomic E-state index is -0.747. The van der Waals surface area contributed by atoms with Crippen molar-refractivity contribution in [1.82, 2.24) is 5.32 Å². The molecule has 0 spiro atoms. The van der Waals surface area contributed by atoms with E-state index in [9.17, 15) is 5.11 Å². The first kappa shape index (κ1) is 11.6. The van der Waals surface area contributed by atoms with Gasteiger partial charge in [0, 0.05) is 6.04 Å². The molecular formula is C14H21NO. The van der Waals surface area contributed by atoms with Gasteiger partial charge >= 0.3 is 0 Å². The summed E-state index contributed by atoms with van der Waals surface area (Å²) in [6.45, 7) is 5.08. The number of aliphatic hydroxyl groups is 1. The maximum absolute atomic E-state index is 10.6. The van der Waals surface area contributed by atoms with E-state index in [0.29, 0.717) is 0 Å². The van der Waals surface area contributed by atoms with Crippen LogP contribution in [-0.4, -0.2) is 17.7 Å². The van der Waals surface area contributed by atoms with Crippen LogP contribution in [0.25, 0.3) is 0 Å². The Kier molecular flexibility index (Phi) is 3.31. The summed E-state index contributed by atoms with van der Waals surface area (Å²) in [7, 11) is 0.